The Balaban J connectivity index is 1.62. The van der Waals surface area contributed by atoms with Crippen molar-refractivity contribution in [3.05, 3.63) is 29.8 Å². The van der Waals surface area contributed by atoms with E-state index in [1.165, 1.54) is 5.56 Å². The first kappa shape index (κ1) is 14.4. The van der Waals surface area contributed by atoms with Crippen LogP contribution >= 0.6 is 0 Å². The molecule has 5 nitrogen and oxygen atoms in total. The summed E-state index contributed by atoms with van der Waals surface area (Å²) in [5.74, 6) is 0.309. The highest BCUT2D eigenvalue weighted by atomic mass is 16.2. The van der Waals surface area contributed by atoms with Gasteiger partial charge in [0.1, 0.15) is 0 Å². The Hall–Kier alpha value is -2.04. The van der Waals surface area contributed by atoms with Gasteiger partial charge in [0.25, 0.3) is 0 Å². The van der Waals surface area contributed by atoms with Gasteiger partial charge in [-0.25, -0.2) is 4.79 Å². The fourth-order valence-electron chi connectivity index (χ4n) is 1.85. The lowest BCUT2D eigenvalue weighted by atomic mass is 10.1. The predicted molar refractivity (Wildman–Crippen MR) is 78.6 cm³/mol. The molecule has 1 aromatic rings. The van der Waals surface area contributed by atoms with E-state index in [1.54, 1.807) is 0 Å². The van der Waals surface area contributed by atoms with Crippen molar-refractivity contribution in [3.63, 3.8) is 0 Å². The summed E-state index contributed by atoms with van der Waals surface area (Å²) in [6.07, 6.45) is 2.97. The number of amides is 3. The summed E-state index contributed by atoms with van der Waals surface area (Å²) in [5.41, 5.74) is 2.00. The number of rotatable bonds is 6. The maximum absolute atomic E-state index is 11.6. The first-order chi connectivity index (χ1) is 9.69. The van der Waals surface area contributed by atoms with Crippen LogP contribution in [0.2, 0.25) is 0 Å². The van der Waals surface area contributed by atoms with Gasteiger partial charge in [-0.05, 0) is 37.0 Å². The number of aryl methyl sites for hydroxylation is 1. The zero-order chi connectivity index (χ0) is 14.4. The van der Waals surface area contributed by atoms with Crippen molar-refractivity contribution in [3.8, 4) is 0 Å². The maximum Gasteiger partial charge on any atom is 0.319 e. The molecule has 0 bridgehead atoms. The summed E-state index contributed by atoms with van der Waals surface area (Å²) in [7, 11) is 0. The number of nitrogens with one attached hydrogen (secondary N) is 3. The van der Waals surface area contributed by atoms with Crippen LogP contribution in [0.5, 0.6) is 0 Å². The third-order valence-corrected chi connectivity index (χ3v) is 3.28. The number of hydrogen-bond acceptors (Lipinski definition) is 2. The number of hydrogen-bond donors (Lipinski definition) is 3. The largest absolute Gasteiger partial charge is 0.354 e. The zero-order valence-corrected chi connectivity index (χ0v) is 11.7. The molecule has 1 fully saturated rings. The highest BCUT2D eigenvalue weighted by Crippen LogP contribution is 2.28. The Bertz CT molecular complexity index is 467. The molecule has 0 unspecified atom stereocenters. The van der Waals surface area contributed by atoms with Gasteiger partial charge >= 0.3 is 6.03 Å². The molecule has 0 aliphatic heterocycles. The molecule has 1 aromatic carbocycles. The van der Waals surface area contributed by atoms with Gasteiger partial charge in [0.05, 0.1) is 0 Å². The molecule has 0 aromatic heterocycles. The van der Waals surface area contributed by atoms with E-state index in [2.05, 4.69) is 22.9 Å². The molecule has 20 heavy (non-hydrogen) atoms. The fourth-order valence-corrected chi connectivity index (χ4v) is 1.85. The summed E-state index contributed by atoms with van der Waals surface area (Å²) in [4.78, 5) is 23.0. The van der Waals surface area contributed by atoms with E-state index in [0.29, 0.717) is 13.1 Å². The molecule has 5 heteroatoms. The quantitative estimate of drug-likeness (QED) is 0.694. The molecule has 0 atom stereocenters. The molecule has 1 aliphatic carbocycles. The average Bonchev–Trinajstić information content (AvgIpc) is 3.29. The number of benzene rings is 1. The van der Waals surface area contributed by atoms with Crippen molar-refractivity contribution in [2.24, 2.45) is 5.92 Å². The van der Waals surface area contributed by atoms with E-state index in [0.717, 1.165) is 24.9 Å². The van der Waals surface area contributed by atoms with E-state index in [1.807, 2.05) is 24.3 Å². The average molecular weight is 275 g/mol. The van der Waals surface area contributed by atoms with Crippen LogP contribution in [0.4, 0.5) is 10.5 Å². The monoisotopic (exact) mass is 275 g/mol. The molecule has 0 spiro atoms. The van der Waals surface area contributed by atoms with Crippen molar-refractivity contribution in [1.29, 1.82) is 0 Å². The van der Waals surface area contributed by atoms with Crippen LogP contribution in [0.3, 0.4) is 0 Å². The lowest BCUT2D eigenvalue weighted by Crippen LogP contribution is -2.37. The SMILES string of the molecule is CCc1ccc(NC(=O)NCCNC(=O)C2CC2)cc1. The molecule has 0 saturated heterocycles. The molecule has 1 saturated carbocycles. The molecule has 0 heterocycles. The summed E-state index contributed by atoms with van der Waals surface area (Å²) >= 11 is 0. The van der Waals surface area contributed by atoms with Gasteiger partial charge < -0.3 is 16.0 Å². The Morgan fingerprint density at radius 3 is 2.35 bits per heavy atom. The normalized spacial score (nSPS) is 13.7. The Kier molecular flexibility index (Phi) is 4.98. The van der Waals surface area contributed by atoms with Crippen LogP contribution in [0, 0.1) is 5.92 Å². The second-order valence-electron chi connectivity index (χ2n) is 5.00. The van der Waals surface area contributed by atoms with Gasteiger partial charge in [-0.15, -0.1) is 0 Å². The van der Waals surface area contributed by atoms with Gasteiger partial charge in [0.2, 0.25) is 5.91 Å². The summed E-state index contributed by atoms with van der Waals surface area (Å²) in [6, 6.07) is 7.49. The lowest BCUT2D eigenvalue weighted by molar-refractivity contribution is -0.122. The number of carbonyl (C=O) groups excluding carboxylic acids is 2. The molecule has 108 valence electrons. The van der Waals surface area contributed by atoms with Crippen LogP contribution in [-0.4, -0.2) is 25.0 Å². The fraction of sp³-hybridized carbons (Fsp3) is 0.467. The van der Waals surface area contributed by atoms with Gasteiger partial charge in [-0.2, -0.15) is 0 Å². The van der Waals surface area contributed by atoms with Crippen molar-refractivity contribution >= 4 is 17.6 Å². The number of anilines is 1. The molecular formula is C15H21N3O2. The summed E-state index contributed by atoms with van der Waals surface area (Å²) < 4.78 is 0. The van der Waals surface area contributed by atoms with Gasteiger partial charge in [-0.3, -0.25) is 4.79 Å². The lowest BCUT2D eigenvalue weighted by Gasteiger charge is -2.09. The third kappa shape index (κ3) is 4.57. The zero-order valence-electron chi connectivity index (χ0n) is 11.7. The Morgan fingerprint density at radius 2 is 1.75 bits per heavy atom. The topological polar surface area (TPSA) is 70.2 Å². The first-order valence-electron chi connectivity index (χ1n) is 7.10. The highest BCUT2D eigenvalue weighted by Gasteiger charge is 2.28. The van der Waals surface area contributed by atoms with E-state index in [9.17, 15) is 9.59 Å². The molecular weight excluding hydrogens is 254 g/mol. The molecule has 0 radical (unpaired) electrons. The maximum atomic E-state index is 11.6. The van der Waals surface area contributed by atoms with Crippen molar-refractivity contribution in [2.45, 2.75) is 26.2 Å². The van der Waals surface area contributed by atoms with Crippen LogP contribution in [0.1, 0.15) is 25.3 Å². The van der Waals surface area contributed by atoms with Crippen LogP contribution < -0.4 is 16.0 Å². The van der Waals surface area contributed by atoms with Gasteiger partial charge in [-0.1, -0.05) is 19.1 Å². The van der Waals surface area contributed by atoms with Crippen molar-refractivity contribution in [1.82, 2.24) is 10.6 Å². The van der Waals surface area contributed by atoms with Gasteiger partial charge in [0.15, 0.2) is 0 Å². The first-order valence-corrected chi connectivity index (χ1v) is 7.10. The predicted octanol–water partition coefficient (Wildman–Crippen LogP) is 1.90. The summed E-state index contributed by atoms with van der Waals surface area (Å²) in [5, 5.41) is 8.26. The second kappa shape index (κ2) is 6.93. The molecule has 1 aliphatic rings. The number of urea groups is 1. The van der Waals surface area contributed by atoms with E-state index >= 15 is 0 Å². The molecule has 3 N–H and O–H groups in total. The van der Waals surface area contributed by atoms with E-state index in [4.69, 9.17) is 0 Å². The van der Waals surface area contributed by atoms with Crippen LogP contribution in [0.15, 0.2) is 24.3 Å². The van der Waals surface area contributed by atoms with E-state index in [-0.39, 0.29) is 17.9 Å². The number of carbonyl (C=O) groups is 2. The minimum absolute atomic E-state index is 0.0994. The Morgan fingerprint density at radius 1 is 1.10 bits per heavy atom. The third-order valence-electron chi connectivity index (χ3n) is 3.28. The Labute approximate surface area is 119 Å². The minimum Gasteiger partial charge on any atom is -0.354 e. The molecule has 3 amide bonds. The van der Waals surface area contributed by atoms with Crippen LogP contribution in [-0.2, 0) is 11.2 Å². The van der Waals surface area contributed by atoms with Gasteiger partial charge in [0, 0.05) is 24.7 Å². The van der Waals surface area contributed by atoms with E-state index < -0.39 is 0 Å². The minimum atomic E-state index is -0.255. The smallest absolute Gasteiger partial charge is 0.319 e. The van der Waals surface area contributed by atoms with Crippen molar-refractivity contribution < 1.29 is 9.59 Å². The standard InChI is InChI=1S/C15H21N3O2/c1-2-11-3-7-13(8-4-11)18-15(20)17-10-9-16-14(19)12-5-6-12/h3-4,7-8,12H,2,5-6,9-10H2,1H3,(H,16,19)(H2,17,18,20). The second-order valence-corrected chi connectivity index (χ2v) is 5.00. The van der Waals surface area contributed by atoms with Crippen LogP contribution in [0.25, 0.3) is 0 Å². The summed E-state index contributed by atoms with van der Waals surface area (Å²) in [6.45, 7) is 2.99. The highest BCUT2D eigenvalue weighted by molar-refractivity contribution is 5.89. The van der Waals surface area contributed by atoms with Crippen molar-refractivity contribution in [2.75, 3.05) is 18.4 Å². The molecule has 2 rings (SSSR count).